The van der Waals surface area contributed by atoms with Gasteiger partial charge in [-0.1, -0.05) is 0 Å². The van der Waals surface area contributed by atoms with Crippen LogP contribution in [0.2, 0.25) is 0 Å². The summed E-state index contributed by atoms with van der Waals surface area (Å²) in [6.07, 6.45) is 1.99. The third kappa shape index (κ3) is 2.99. The van der Waals surface area contributed by atoms with Gasteiger partial charge in [-0.2, -0.15) is 0 Å². The van der Waals surface area contributed by atoms with Crippen LogP contribution in [0.4, 0.5) is 0 Å². The van der Waals surface area contributed by atoms with E-state index in [1.165, 1.54) is 0 Å². The van der Waals surface area contributed by atoms with Gasteiger partial charge in [-0.15, -0.1) is 0 Å². The zero-order valence-electron chi connectivity index (χ0n) is 6.75. The number of hydrogen-bond acceptors (Lipinski definition) is 3. The molecule has 0 aromatic rings. The molecule has 64 valence electrons. The first kappa shape index (κ1) is 8.68. The van der Waals surface area contributed by atoms with E-state index in [2.05, 4.69) is 0 Å². The lowest BCUT2D eigenvalue weighted by atomic mass is 9.92. The van der Waals surface area contributed by atoms with Gasteiger partial charge in [0.25, 0.3) is 0 Å². The van der Waals surface area contributed by atoms with Crippen molar-refractivity contribution >= 4 is 5.78 Å². The molecule has 0 aliphatic heterocycles. The topological polar surface area (TPSA) is 46.5 Å². The van der Waals surface area contributed by atoms with E-state index in [9.17, 15) is 4.79 Å². The van der Waals surface area contributed by atoms with Crippen molar-refractivity contribution in [2.24, 2.45) is 0 Å². The van der Waals surface area contributed by atoms with Crippen molar-refractivity contribution in [2.75, 3.05) is 6.61 Å². The van der Waals surface area contributed by atoms with E-state index in [1.807, 2.05) is 0 Å². The number of hydrogen-bond donors (Lipinski definition) is 1. The number of rotatable bonds is 4. The maximum Gasteiger partial charge on any atom is 0.132 e. The molecule has 0 aromatic carbocycles. The third-order valence-electron chi connectivity index (χ3n) is 1.88. The minimum atomic E-state index is -0.169. The highest BCUT2D eigenvalue weighted by atomic mass is 16.5. The molecule has 1 rings (SSSR count). The summed E-state index contributed by atoms with van der Waals surface area (Å²) in [5.41, 5.74) is 0. The van der Waals surface area contributed by atoms with Crippen LogP contribution in [0.5, 0.6) is 0 Å². The molecule has 0 spiro atoms. The van der Waals surface area contributed by atoms with E-state index in [-0.39, 0.29) is 18.0 Å². The Labute approximate surface area is 66.4 Å². The van der Waals surface area contributed by atoms with Gasteiger partial charge in [0.05, 0.1) is 18.8 Å². The lowest BCUT2D eigenvalue weighted by molar-refractivity contribution is -0.120. The highest BCUT2D eigenvalue weighted by Gasteiger charge is 2.27. The molecule has 1 aliphatic carbocycles. The lowest BCUT2D eigenvalue weighted by Gasteiger charge is -2.30. The van der Waals surface area contributed by atoms with Crippen molar-refractivity contribution in [1.29, 1.82) is 0 Å². The average molecular weight is 158 g/mol. The Kier molecular flexibility index (Phi) is 3.02. The van der Waals surface area contributed by atoms with Crippen LogP contribution < -0.4 is 0 Å². The molecule has 1 fully saturated rings. The molecule has 1 aliphatic rings. The molecule has 3 heteroatoms. The van der Waals surface area contributed by atoms with Crippen molar-refractivity contribution in [3.63, 3.8) is 0 Å². The molecule has 0 radical (unpaired) electrons. The fraction of sp³-hybridized carbons (Fsp3) is 0.875. The number of carbonyl (C=O) groups excluding carboxylic acids is 1. The lowest BCUT2D eigenvalue weighted by Crippen LogP contribution is -2.35. The quantitative estimate of drug-likeness (QED) is 0.648. The summed E-state index contributed by atoms with van der Waals surface area (Å²) < 4.78 is 5.28. The van der Waals surface area contributed by atoms with Crippen LogP contribution in [-0.2, 0) is 9.53 Å². The van der Waals surface area contributed by atoms with Gasteiger partial charge >= 0.3 is 0 Å². The summed E-state index contributed by atoms with van der Waals surface area (Å²) in [4.78, 5) is 10.5. The smallest absolute Gasteiger partial charge is 0.132 e. The summed E-state index contributed by atoms with van der Waals surface area (Å²) >= 11 is 0. The van der Waals surface area contributed by atoms with Crippen LogP contribution in [-0.4, -0.2) is 29.7 Å². The second kappa shape index (κ2) is 3.83. The highest BCUT2D eigenvalue weighted by molar-refractivity contribution is 5.75. The summed E-state index contributed by atoms with van der Waals surface area (Å²) in [7, 11) is 0. The zero-order chi connectivity index (χ0) is 8.27. The standard InChI is InChI=1S/C8H14O3/c1-6(9)2-3-11-8-4-7(10)5-8/h7-8,10H,2-5H2,1H3/t7-,8-. The number of carbonyl (C=O) groups is 1. The van der Waals surface area contributed by atoms with Gasteiger partial charge in [-0.05, 0) is 19.8 Å². The largest absolute Gasteiger partial charge is 0.393 e. The molecule has 1 saturated carbocycles. The molecule has 0 atom stereocenters. The van der Waals surface area contributed by atoms with Crippen LogP contribution in [0.1, 0.15) is 26.2 Å². The molecule has 0 bridgehead atoms. The first-order valence-electron chi connectivity index (χ1n) is 3.97. The molecule has 1 N–H and O–H groups in total. The van der Waals surface area contributed by atoms with Crippen molar-refractivity contribution in [1.82, 2.24) is 0 Å². The molecule has 0 aromatic heterocycles. The maximum absolute atomic E-state index is 10.5. The Morgan fingerprint density at radius 2 is 2.27 bits per heavy atom. The number of ether oxygens (including phenoxy) is 1. The number of aliphatic hydroxyl groups is 1. The summed E-state index contributed by atoms with van der Waals surface area (Å²) in [6.45, 7) is 2.06. The Morgan fingerprint density at radius 1 is 1.64 bits per heavy atom. The predicted octanol–water partition coefficient (Wildman–Crippen LogP) is 0.505. The van der Waals surface area contributed by atoms with Crippen molar-refractivity contribution in [3.8, 4) is 0 Å². The molecule has 0 unspecified atom stereocenters. The van der Waals surface area contributed by atoms with Gasteiger partial charge in [0.15, 0.2) is 0 Å². The summed E-state index contributed by atoms with van der Waals surface area (Å²) in [5, 5.41) is 8.88. The second-order valence-electron chi connectivity index (χ2n) is 3.07. The van der Waals surface area contributed by atoms with E-state index >= 15 is 0 Å². The van der Waals surface area contributed by atoms with Crippen LogP contribution in [0.25, 0.3) is 0 Å². The molecule has 0 saturated heterocycles. The number of ketones is 1. The minimum Gasteiger partial charge on any atom is -0.393 e. The molecule has 11 heavy (non-hydrogen) atoms. The van der Waals surface area contributed by atoms with Gasteiger partial charge in [0.2, 0.25) is 0 Å². The predicted molar refractivity (Wildman–Crippen MR) is 40.3 cm³/mol. The fourth-order valence-electron chi connectivity index (χ4n) is 1.04. The molecule has 0 amide bonds. The first-order valence-corrected chi connectivity index (χ1v) is 3.97. The Balaban J connectivity index is 1.92. The normalized spacial score (nSPS) is 29.6. The van der Waals surface area contributed by atoms with Crippen LogP contribution >= 0.6 is 0 Å². The van der Waals surface area contributed by atoms with Gasteiger partial charge in [-0.25, -0.2) is 0 Å². The fourth-order valence-corrected chi connectivity index (χ4v) is 1.04. The zero-order valence-corrected chi connectivity index (χ0v) is 6.75. The van der Waals surface area contributed by atoms with Crippen molar-refractivity contribution in [3.05, 3.63) is 0 Å². The Morgan fingerprint density at radius 3 is 2.73 bits per heavy atom. The Bertz CT molecular complexity index is 138. The van der Waals surface area contributed by atoms with Gasteiger partial charge in [-0.3, -0.25) is 4.79 Å². The molecular weight excluding hydrogens is 144 g/mol. The SMILES string of the molecule is CC(=O)CCO[C@H]1C[C@H](O)C1. The maximum atomic E-state index is 10.5. The molecule has 0 heterocycles. The van der Waals surface area contributed by atoms with Gasteiger partial charge in [0.1, 0.15) is 5.78 Å². The summed E-state index contributed by atoms with van der Waals surface area (Å²) in [5.74, 6) is 0.157. The number of aliphatic hydroxyl groups excluding tert-OH is 1. The molecular formula is C8H14O3. The van der Waals surface area contributed by atoms with E-state index in [4.69, 9.17) is 9.84 Å². The average Bonchev–Trinajstić information content (AvgIpc) is 1.83. The third-order valence-corrected chi connectivity index (χ3v) is 1.88. The van der Waals surface area contributed by atoms with Crippen LogP contribution in [0.3, 0.4) is 0 Å². The minimum absolute atomic E-state index is 0.157. The van der Waals surface area contributed by atoms with E-state index in [1.54, 1.807) is 6.92 Å². The number of Topliss-reactive ketones (excluding diaryl/α,β-unsaturated/α-hetero) is 1. The second-order valence-corrected chi connectivity index (χ2v) is 3.07. The molecule has 3 nitrogen and oxygen atoms in total. The summed E-state index contributed by atoms with van der Waals surface area (Å²) in [6, 6.07) is 0. The van der Waals surface area contributed by atoms with E-state index < -0.39 is 0 Å². The van der Waals surface area contributed by atoms with Crippen LogP contribution in [0.15, 0.2) is 0 Å². The van der Waals surface area contributed by atoms with Crippen LogP contribution in [0, 0.1) is 0 Å². The van der Waals surface area contributed by atoms with Crippen molar-refractivity contribution in [2.45, 2.75) is 38.4 Å². The van der Waals surface area contributed by atoms with E-state index in [0.717, 1.165) is 12.8 Å². The highest BCUT2D eigenvalue weighted by Crippen LogP contribution is 2.22. The van der Waals surface area contributed by atoms with Gasteiger partial charge in [0, 0.05) is 6.42 Å². The van der Waals surface area contributed by atoms with Gasteiger partial charge < -0.3 is 9.84 Å². The Hall–Kier alpha value is -0.410. The van der Waals surface area contributed by atoms with E-state index in [0.29, 0.717) is 13.0 Å². The van der Waals surface area contributed by atoms with Crippen molar-refractivity contribution < 1.29 is 14.6 Å². The monoisotopic (exact) mass is 158 g/mol. The first-order chi connectivity index (χ1) is 5.18.